The summed E-state index contributed by atoms with van der Waals surface area (Å²) in [6, 6.07) is 18.3. The van der Waals surface area contributed by atoms with E-state index in [-0.39, 0.29) is 5.91 Å². The number of aliphatic imine (C=N–C) groups is 1. The summed E-state index contributed by atoms with van der Waals surface area (Å²) >= 11 is 0. The lowest BCUT2D eigenvalue weighted by molar-refractivity contribution is -0.116. The number of anilines is 1. The van der Waals surface area contributed by atoms with E-state index in [2.05, 4.69) is 52.1 Å². The van der Waals surface area contributed by atoms with Crippen LogP contribution in [0.3, 0.4) is 0 Å². The molecule has 0 bridgehead atoms. The minimum atomic E-state index is 0.0560. The normalized spacial score (nSPS) is 12.3. The van der Waals surface area contributed by atoms with E-state index in [9.17, 15) is 4.79 Å². The van der Waals surface area contributed by atoms with Gasteiger partial charge in [0.1, 0.15) is 0 Å². The Morgan fingerprint density at radius 1 is 1.04 bits per heavy atom. The molecule has 0 fully saturated rings. The van der Waals surface area contributed by atoms with Crippen LogP contribution in [0.4, 0.5) is 5.69 Å². The van der Waals surface area contributed by atoms with Crippen LogP contribution in [0, 0.1) is 0 Å². The Bertz CT molecular complexity index is 726. The van der Waals surface area contributed by atoms with Gasteiger partial charge in [0.05, 0.1) is 0 Å². The van der Waals surface area contributed by atoms with Gasteiger partial charge in [-0.2, -0.15) is 0 Å². The molecule has 2 aromatic carbocycles. The molecule has 27 heavy (non-hydrogen) atoms. The molecule has 5 nitrogen and oxygen atoms in total. The summed E-state index contributed by atoms with van der Waals surface area (Å²) in [4.78, 5) is 15.9. The summed E-state index contributed by atoms with van der Waals surface area (Å²) < 4.78 is 0. The topological polar surface area (TPSA) is 65.5 Å². The fourth-order valence-electron chi connectivity index (χ4n) is 2.71. The van der Waals surface area contributed by atoms with E-state index >= 15 is 0 Å². The summed E-state index contributed by atoms with van der Waals surface area (Å²) in [7, 11) is 1.77. The standard InChI is InChI=1S/C22H30N4O/c1-4-8-21(27)26-20-13-11-18(12-14-20)16-25-22(23-3)24-15-17(2)19-9-6-5-7-10-19/h5-7,9-14,17H,4,8,15-16H2,1-3H3,(H,26,27)(H2,23,24,25). The molecular formula is C22H30N4O. The van der Waals surface area contributed by atoms with Gasteiger partial charge >= 0.3 is 0 Å². The monoisotopic (exact) mass is 366 g/mol. The molecule has 0 heterocycles. The summed E-state index contributed by atoms with van der Waals surface area (Å²) in [5.74, 6) is 1.23. The Kier molecular flexibility index (Phi) is 8.36. The number of carbonyl (C=O) groups excluding carboxylic acids is 1. The maximum Gasteiger partial charge on any atom is 0.224 e. The highest BCUT2D eigenvalue weighted by molar-refractivity contribution is 5.90. The molecule has 1 unspecified atom stereocenters. The van der Waals surface area contributed by atoms with Gasteiger partial charge in [-0.3, -0.25) is 9.79 Å². The van der Waals surface area contributed by atoms with Crippen molar-refractivity contribution in [2.24, 2.45) is 4.99 Å². The maximum atomic E-state index is 11.6. The fourth-order valence-corrected chi connectivity index (χ4v) is 2.71. The average Bonchev–Trinajstić information content (AvgIpc) is 2.70. The van der Waals surface area contributed by atoms with Crippen LogP contribution in [0.25, 0.3) is 0 Å². The second kappa shape index (κ2) is 11.0. The number of benzene rings is 2. The maximum absolute atomic E-state index is 11.6. The molecule has 5 heteroatoms. The largest absolute Gasteiger partial charge is 0.356 e. The molecule has 3 N–H and O–H groups in total. The van der Waals surface area contributed by atoms with Gasteiger partial charge in [-0.1, -0.05) is 56.3 Å². The first-order valence-electron chi connectivity index (χ1n) is 9.50. The predicted octanol–water partition coefficient (Wildman–Crippen LogP) is 3.89. The fraction of sp³-hybridized carbons (Fsp3) is 0.364. The van der Waals surface area contributed by atoms with Crippen LogP contribution >= 0.6 is 0 Å². The first kappa shape index (κ1) is 20.5. The average molecular weight is 367 g/mol. The van der Waals surface area contributed by atoms with Gasteiger partial charge in [-0.25, -0.2) is 0 Å². The number of carbonyl (C=O) groups is 1. The van der Waals surface area contributed by atoms with E-state index < -0.39 is 0 Å². The molecule has 0 saturated carbocycles. The van der Waals surface area contributed by atoms with Gasteiger partial charge in [0.2, 0.25) is 5.91 Å². The van der Waals surface area contributed by atoms with Gasteiger partial charge in [-0.05, 0) is 35.6 Å². The van der Waals surface area contributed by atoms with Crippen LogP contribution in [0.5, 0.6) is 0 Å². The lowest BCUT2D eigenvalue weighted by Gasteiger charge is -2.16. The quantitative estimate of drug-likeness (QED) is 0.490. The third kappa shape index (κ3) is 7.13. The molecule has 1 atom stereocenters. The van der Waals surface area contributed by atoms with Gasteiger partial charge in [0.25, 0.3) is 0 Å². The van der Waals surface area contributed by atoms with E-state index in [0.717, 1.165) is 30.2 Å². The third-order valence-corrected chi connectivity index (χ3v) is 4.34. The molecule has 2 rings (SSSR count). The molecule has 2 aromatic rings. The molecule has 0 aromatic heterocycles. The molecule has 144 valence electrons. The summed E-state index contributed by atoms with van der Waals surface area (Å²) in [5, 5.41) is 9.59. The molecule has 0 radical (unpaired) electrons. The van der Waals surface area contributed by atoms with E-state index in [4.69, 9.17) is 0 Å². The molecule has 0 saturated heterocycles. The Hall–Kier alpha value is -2.82. The first-order valence-corrected chi connectivity index (χ1v) is 9.50. The van der Waals surface area contributed by atoms with Crippen molar-refractivity contribution in [1.29, 1.82) is 0 Å². The number of hydrogen-bond donors (Lipinski definition) is 3. The van der Waals surface area contributed by atoms with Gasteiger partial charge in [-0.15, -0.1) is 0 Å². The molecular weight excluding hydrogens is 336 g/mol. The number of hydrogen-bond acceptors (Lipinski definition) is 2. The SMILES string of the molecule is CCCC(=O)Nc1ccc(CNC(=NC)NCC(C)c2ccccc2)cc1. The Morgan fingerprint density at radius 3 is 2.37 bits per heavy atom. The van der Waals surface area contributed by atoms with Crippen LogP contribution in [0.15, 0.2) is 59.6 Å². The zero-order chi connectivity index (χ0) is 19.5. The molecule has 0 aliphatic carbocycles. The summed E-state index contributed by atoms with van der Waals surface area (Å²) in [6.07, 6.45) is 1.40. The minimum Gasteiger partial charge on any atom is -0.356 e. The number of nitrogens with zero attached hydrogens (tertiary/aromatic N) is 1. The highest BCUT2D eigenvalue weighted by Crippen LogP contribution is 2.13. The van der Waals surface area contributed by atoms with Crippen molar-refractivity contribution in [1.82, 2.24) is 10.6 Å². The lowest BCUT2D eigenvalue weighted by atomic mass is 10.0. The predicted molar refractivity (Wildman–Crippen MR) is 113 cm³/mol. The van der Waals surface area contributed by atoms with Gasteiger partial charge in [0.15, 0.2) is 5.96 Å². The number of nitrogens with one attached hydrogen (secondary N) is 3. The Labute approximate surface area is 162 Å². The van der Waals surface area contributed by atoms with Gasteiger partial charge in [0, 0.05) is 32.2 Å². The molecule has 1 amide bonds. The summed E-state index contributed by atoms with van der Waals surface area (Å²) in [5.41, 5.74) is 3.26. The van der Waals surface area contributed by atoms with Crippen LogP contribution in [0.2, 0.25) is 0 Å². The zero-order valence-electron chi connectivity index (χ0n) is 16.5. The van der Waals surface area contributed by atoms with Crippen molar-refractivity contribution in [3.63, 3.8) is 0 Å². The third-order valence-electron chi connectivity index (χ3n) is 4.34. The van der Waals surface area contributed by atoms with Crippen LogP contribution in [-0.4, -0.2) is 25.5 Å². The minimum absolute atomic E-state index is 0.0560. The number of guanidine groups is 1. The van der Waals surface area contributed by atoms with Crippen LogP contribution < -0.4 is 16.0 Å². The highest BCUT2D eigenvalue weighted by atomic mass is 16.1. The van der Waals surface area contributed by atoms with Crippen molar-refractivity contribution in [2.45, 2.75) is 39.2 Å². The number of amides is 1. The lowest BCUT2D eigenvalue weighted by Crippen LogP contribution is -2.38. The van der Waals surface area contributed by atoms with E-state index in [1.165, 1.54) is 5.56 Å². The van der Waals surface area contributed by atoms with E-state index in [1.54, 1.807) is 7.05 Å². The van der Waals surface area contributed by atoms with Crippen LogP contribution in [-0.2, 0) is 11.3 Å². The Balaban J connectivity index is 1.79. The second-order valence-corrected chi connectivity index (χ2v) is 6.61. The van der Waals surface area contributed by atoms with Crippen molar-refractivity contribution >= 4 is 17.6 Å². The smallest absolute Gasteiger partial charge is 0.224 e. The van der Waals surface area contributed by atoms with Crippen molar-refractivity contribution < 1.29 is 4.79 Å². The summed E-state index contributed by atoms with van der Waals surface area (Å²) in [6.45, 7) is 5.67. The zero-order valence-corrected chi connectivity index (χ0v) is 16.5. The van der Waals surface area contributed by atoms with E-state index in [0.29, 0.717) is 18.9 Å². The van der Waals surface area contributed by atoms with Crippen molar-refractivity contribution in [3.05, 3.63) is 65.7 Å². The van der Waals surface area contributed by atoms with Crippen molar-refractivity contribution in [3.8, 4) is 0 Å². The Morgan fingerprint density at radius 2 is 1.74 bits per heavy atom. The highest BCUT2D eigenvalue weighted by Gasteiger charge is 2.06. The van der Waals surface area contributed by atoms with Crippen LogP contribution in [0.1, 0.15) is 43.7 Å². The molecule has 0 spiro atoms. The molecule has 0 aliphatic rings. The molecule has 0 aliphatic heterocycles. The second-order valence-electron chi connectivity index (χ2n) is 6.61. The van der Waals surface area contributed by atoms with Crippen molar-refractivity contribution in [2.75, 3.05) is 18.9 Å². The number of rotatable bonds is 8. The van der Waals surface area contributed by atoms with Gasteiger partial charge < -0.3 is 16.0 Å². The van der Waals surface area contributed by atoms with E-state index in [1.807, 2.05) is 37.3 Å². The first-order chi connectivity index (χ1) is 13.1.